The number of carbonyl (C=O) groups is 2. The van der Waals surface area contributed by atoms with Crippen LogP contribution in [0.5, 0.6) is 0 Å². The Morgan fingerprint density at radius 2 is 1.86 bits per heavy atom. The van der Waals surface area contributed by atoms with Crippen molar-refractivity contribution in [2.75, 3.05) is 24.6 Å². The number of primary amides is 1. The van der Waals surface area contributed by atoms with E-state index in [9.17, 15) is 9.59 Å². The van der Waals surface area contributed by atoms with E-state index >= 15 is 0 Å². The van der Waals surface area contributed by atoms with E-state index in [4.69, 9.17) is 10.5 Å². The first-order valence-corrected chi connectivity index (χ1v) is 9.83. The largest absolute Gasteiger partial charge is 0.456 e. The summed E-state index contributed by atoms with van der Waals surface area (Å²) in [7, 11) is 0. The van der Waals surface area contributed by atoms with Crippen LogP contribution >= 0.6 is 0 Å². The fourth-order valence-corrected chi connectivity index (χ4v) is 3.68. The molecule has 0 atom stereocenters. The number of carbonyl (C=O) groups excluding carboxylic acids is 2. The van der Waals surface area contributed by atoms with E-state index in [1.807, 2.05) is 30.5 Å². The minimum absolute atomic E-state index is 0.328. The predicted octanol–water partition coefficient (Wildman–Crippen LogP) is 3.16. The molecule has 1 aliphatic heterocycles. The second-order valence-electron chi connectivity index (χ2n) is 7.19. The number of anilines is 1. The molecule has 0 radical (unpaired) electrons. The number of benzene rings is 1. The van der Waals surface area contributed by atoms with Gasteiger partial charge < -0.3 is 15.4 Å². The van der Waals surface area contributed by atoms with E-state index in [0.717, 1.165) is 44.6 Å². The third-order valence-corrected chi connectivity index (χ3v) is 5.15. The normalized spacial score (nSPS) is 14.6. The second kappa shape index (κ2) is 9.88. The van der Waals surface area contributed by atoms with Crippen molar-refractivity contribution in [1.29, 1.82) is 0 Å². The minimum Gasteiger partial charge on any atom is -0.456 e. The molecule has 148 valence electrons. The van der Waals surface area contributed by atoms with Crippen LogP contribution in [0.25, 0.3) is 11.1 Å². The number of pyridine rings is 1. The van der Waals surface area contributed by atoms with Gasteiger partial charge in [0.05, 0.1) is 0 Å². The van der Waals surface area contributed by atoms with Crippen LogP contribution in [-0.2, 0) is 14.3 Å². The SMILES string of the molecule is NC(=O)COC(=O)CCCC1CCN(c2ncccc2-c2ccccc2)CC1. The van der Waals surface area contributed by atoms with Gasteiger partial charge in [-0.05, 0) is 49.3 Å². The number of ether oxygens (including phenoxy) is 1. The number of piperidine rings is 1. The summed E-state index contributed by atoms with van der Waals surface area (Å²) in [5, 5.41) is 0. The highest BCUT2D eigenvalue weighted by atomic mass is 16.5. The number of nitrogens with two attached hydrogens (primary N) is 1. The highest BCUT2D eigenvalue weighted by Gasteiger charge is 2.22. The van der Waals surface area contributed by atoms with Gasteiger partial charge in [0, 0.05) is 31.3 Å². The molecule has 1 saturated heterocycles. The summed E-state index contributed by atoms with van der Waals surface area (Å²) in [6, 6.07) is 14.5. The molecule has 2 N–H and O–H groups in total. The number of hydrogen-bond donors (Lipinski definition) is 1. The zero-order valence-corrected chi connectivity index (χ0v) is 16.0. The monoisotopic (exact) mass is 381 g/mol. The number of esters is 1. The van der Waals surface area contributed by atoms with Crippen LogP contribution < -0.4 is 10.6 Å². The fraction of sp³-hybridized carbons (Fsp3) is 0.409. The first-order valence-electron chi connectivity index (χ1n) is 9.83. The van der Waals surface area contributed by atoms with Crippen LogP contribution in [0.4, 0.5) is 5.82 Å². The van der Waals surface area contributed by atoms with Crippen LogP contribution in [-0.4, -0.2) is 36.6 Å². The highest BCUT2D eigenvalue weighted by molar-refractivity contribution is 5.79. The van der Waals surface area contributed by atoms with Crippen molar-refractivity contribution < 1.29 is 14.3 Å². The topological polar surface area (TPSA) is 85.5 Å². The molecule has 1 aromatic heterocycles. The van der Waals surface area contributed by atoms with Gasteiger partial charge in [-0.2, -0.15) is 0 Å². The first kappa shape index (κ1) is 19.9. The molecular weight excluding hydrogens is 354 g/mol. The summed E-state index contributed by atoms with van der Waals surface area (Å²) in [6.45, 7) is 1.60. The Labute approximate surface area is 165 Å². The van der Waals surface area contributed by atoms with Gasteiger partial charge in [0.25, 0.3) is 5.91 Å². The number of amides is 1. The molecule has 0 spiro atoms. The average molecular weight is 381 g/mol. The molecule has 2 heterocycles. The van der Waals surface area contributed by atoms with Crippen molar-refractivity contribution >= 4 is 17.7 Å². The Bertz CT molecular complexity index is 787. The molecule has 0 bridgehead atoms. The molecular formula is C22H27N3O3. The quantitative estimate of drug-likeness (QED) is 0.710. The molecule has 0 unspecified atom stereocenters. The molecule has 1 aliphatic rings. The summed E-state index contributed by atoms with van der Waals surface area (Å²) in [5.41, 5.74) is 7.32. The highest BCUT2D eigenvalue weighted by Crippen LogP contribution is 2.32. The van der Waals surface area contributed by atoms with E-state index < -0.39 is 5.91 Å². The number of aromatic nitrogens is 1. The minimum atomic E-state index is -0.620. The van der Waals surface area contributed by atoms with Gasteiger partial charge >= 0.3 is 5.97 Å². The van der Waals surface area contributed by atoms with Gasteiger partial charge in [-0.3, -0.25) is 9.59 Å². The molecule has 28 heavy (non-hydrogen) atoms. The second-order valence-corrected chi connectivity index (χ2v) is 7.19. The Morgan fingerprint density at radius 1 is 1.11 bits per heavy atom. The lowest BCUT2D eigenvalue weighted by Crippen LogP contribution is -2.34. The predicted molar refractivity (Wildman–Crippen MR) is 109 cm³/mol. The van der Waals surface area contributed by atoms with Gasteiger partial charge in [0.1, 0.15) is 5.82 Å². The Kier molecular flexibility index (Phi) is 7.00. The van der Waals surface area contributed by atoms with Gasteiger partial charge in [-0.25, -0.2) is 4.98 Å². The molecule has 1 aromatic carbocycles. The van der Waals surface area contributed by atoms with Crippen LogP contribution in [0.2, 0.25) is 0 Å². The molecule has 0 aliphatic carbocycles. The van der Waals surface area contributed by atoms with E-state index in [1.54, 1.807) is 0 Å². The molecule has 2 aromatic rings. The van der Waals surface area contributed by atoms with Crippen LogP contribution in [0, 0.1) is 5.92 Å². The first-order chi connectivity index (χ1) is 13.6. The van der Waals surface area contributed by atoms with Crippen LogP contribution in [0.1, 0.15) is 32.1 Å². The lowest BCUT2D eigenvalue weighted by molar-refractivity contribution is -0.147. The summed E-state index contributed by atoms with van der Waals surface area (Å²) in [5.74, 6) is 0.675. The maximum absolute atomic E-state index is 11.6. The molecule has 3 rings (SSSR count). The van der Waals surface area contributed by atoms with Crippen molar-refractivity contribution in [2.24, 2.45) is 11.7 Å². The van der Waals surface area contributed by atoms with Gasteiger partial charge in [-0.15, -0.1) is 0 Å². The van der Waals surface area contributed by atoms with Gasteiger partial charge in [0.2, 0.25) is 0 Å². The summed E-state index contributed by atoms with van der Waals surface area (Å²) >= 11 is 0. The Balaban J connectivity index is 1.49. The Morgan fingerprint density at radius 3 is 2.57 bits per heavy atom. The number of nitrogens with zero attached hydrogens (tertiary/aromatic N) is 2. The van der Waals surface area contributed by atoms with Crippen molar-refractivity contribution in [1.82, 2.24) is 4.98 Å². The zero-order valence-electron chi connectivity index (χ0n) is 16.0. The van der Waals surface area contributed by atoms with E-state index in [0.29, 0.717) is 12.3 Å². The Hall–Kier alpha value is -2.89. The number of hydrogen-bond acceptors (Lipinski definition) is 5. The van der Waals surface area contributed by atoms with Crippen molar-refractivity contribution in [2.45, 2.75) is 32.1 Å². The maximum atomic E-state index is 11.6. The van der Waals surface area contributed by atoms with E-state index in [-0.39, 0.29) is 12.6 Å². The van der Waals surface area contributed by atoms with Crippen molar-refractivity contribution in [3.8, 4) is 11.1 Å². The van der Waals surface area contributed by atoms with Crippen LogP contribution in [0.3, 0.4) is 0 Å². The van der Waals surface area contributed by atoms with E-state index in [2.05, 4.69) is 28.1 Å². The zero-order chi connectivity index (χ0) is 19.8. The molecule has 1 amide bonds. The molecule has 1 fully saturated rings. The van der Waals surface area contributed by atoms with Crippen LogP contribution in [0.15, 0.2) is 48.7 Å². The van der Waals surface area contributed by atoms with Gasteiger partial charge in [0.15, 0.2) is 6.61 Å². The molecule has 6 nitrogen and oxygen atoms in total. The standard InChI is InChI=1S/C22H27N3O3/c23-20(26)16-28-21(27)10-4-6-17-11-14-25(15-12-17)22-19(9-5-13-24-22)18-7-2-1-3-8-18/h1-3,5,7-9,13,17H,4,6,10-12,14-16H2,(H2,23,26). The number of rotatable bonds is 8. The summed E-state index contributed by atoms with van der Waals surface area (Å²) in [4.78, 5) is 29.2. The fourth-order valence-electron chi connectivity index (χ4n) is 3.68. The smallest absolute Gasteiger partial charge is 0.306 e. The van der Waals surface area contributed by atoms with Crippen molar-refractivity contribution in [3.63, 3.8) is 0 Å². The lowest BCUT2D eigenvalue weighted by atomic mass is 9.91. The third-order valence-electron chi connectivity index (χ3n) is 5.15. The van der Waals surface area contributed by atoms with Crippen molar-refractivity contribution in [3.05, 3.63) is 48.7 Å². The molecule has 0 saturated carbocycles. The summed E-state index contributed by atoms with van der Waals surface area (Å²) in [6.07, 6.45) is 6.13. The van der Waals surface area contributed by atoms with E-state index in [1.165, 1.54) is 11.1 Å². The average Bonchev–Trinajstić information content (AvgIpc) is 2.73. The molecule has 6 heteroatoms. The van der Waals surface area contributed by atoms with Gasteiger partial charge in [-0.1, -0.05) is 30.3 Å². The lowest BCUT2D eigenvalue weighted by Gasteiger charge is -2.34. The maximum Gasteiger partial charge on any atom is 0.306 e. The third kappa shape index (κ3) is 5.55. The summed E-state index contributed by atoms with van der Waals surface area (Å²) < 4.78 is 4.79.